The SMILES string of the molecule is [CH2-]CCCCNSC1CCN(C2CCC(C(=O)C(C)C)CC2)CC1.[K+]. The quantitative estimate of drug-likeness (QED) is 0.279. The van der Waals surface area contributed by atoms with Gasteiger partial charge in [0, 0.05) is 29.7 Å². The summed E-state index contributed by atoms with van der Waals surface area (Å²) in [7, 11) is 0. The maximum absolute atomic E-state index is 12.2. The second-order valence-corrected chi connectivity index (χ2v) is 9.06. The largest absolute Gasteiger partial charge is 1.00 e. The van der Waals surface area contributed by atoms with Gasteiger partial charge in [-0.05, 0) is 58.0 Å². The summed E-state index contributed by atoms with van der Waals surface area (Å²) in [4.78, 5) is 14.9. The van der Waals surface area contributed by atoms with Gasteiger partial charge in [-0.2, -0.15) is 6.42 Å². The molecule has 1 aliphatic carbocycles. The normalized spacial score (nSPS) is 25.8. The molecule has 2 rings (SSSR count). The summed E-state index contributed by atoms with van der Waals surface area (Å²) in [5, 5.41) is 0.778. The number of ketones is 1. The number of Topliss-reactive ketones (excluding diaryl/α,β-unsaturated/α-hetero) is 1. The van der Waals surface area contributed by atoms with Crippen LogP contribution in [0.4, 0.5) is 0 Å². The molecule has 0 bridgehead atoms. The number of likely N-dealkylation sites (tertiary alicyclic amines) is 1. The molecule has 1 heterocycles. The van der Waals surface area contributed by atoms with E-state index in [0.29, 0.717) is 11.7 Å². The van der Waals surface area contributed by atoms with Crippen LogP contribution >= 0.6 is 11.9 Å². The van der Waals surface area contributed by atoms with Crippen LogP contribution in [-0.4, -0.2) is 41.6 Å². The molecule has 5 heteroatoms. The van der Waals surface area contributed by atoms with Gasteiger partial charge >= 0.3 is 51.4 Å². The molecule has 0 radical (unpaired) electrons. The summed E-state index contributed by atoms with van der Waals surface area (Å²) in [6.45, 7) is 11.6. The predicted octanol–water partition coefficient (Wildman–Crippen LogP) is 1.48. The van der Waals surface area contributed by atoms with E-state index in [4.69, 9.17) is 0 Å². The predicted molar refractivity (Wildman–Crippen MR) is 105 cm³/mol. The van der Waals surface area contributed by atoms with E-state index in [9.17, 15) is 4.79 Å². The molecule has 0 aromatic rings. The average molecular weight is 393 g/mol. The van der Waals surface area contributed by atoms with Crippen LogP contribution in [0, 0.1) is 18.8 Å². The van der Waals surface area contributed by atoms with Crippen molar-refractivity contribution in [1.82, 2.24) is 9.62 Å². The Hall–Kier alpha value is 1.58. The Morgan fingerprint density at radius 1 is 1.12 bits per heavy atom. The molecule has 3 nitrogen and oxygen atoms in total. The van der Waals surface area contributed by atoms with E-state index in [0.717, 1.165) is 37.1 Å². The van der Waals surface area contributed by atoms with E-state index in [-0.39, 0.29) is 57.3 Å². The molecule has 0 amide bonds. The van der Waals surface area contributed by atoms with Gasteiger partial charge in [0.25, 0.3) is 0 Å². The molecule has 0 aromatic carbocycles. The molecule has 140 valence electrons. The molecule has 2 aliphatic rings. The molecule has 0 spiro atoms. The standard InChI is InChI=1S/C20H37N2OS.K/c1-4-5-6-13-21-24-19-11-14-22(15-12-19)18-9-7-17(8-10-18)20(23)16(2)3;/h16-19,21H,1,4-15H2,2-3H3;/q-1;+1. The molecule has 0 aromatic heterocycles. The first-order valence-corrected chi connectivity index (χ1v) is 10.9. The van der Waals surface area contributed by atoms with Crippen molar-refractivity contribution >= 4 is 17.7 Å². The average Bonchev–Trinajstić information content (AvgIpc) is 2.61. The van der Waals surface area contributed by atoms with Gasteiger partial charge in [0.05, 0.1) is 0 Å². The molecule has 1 saturated heterocycles. The van der Waals surface area contributed by atoms with Gasteiger partial charge in [0.1, 0.15) is 5.78 Å². The molecule has 1 aliphatic heterocycles. The summed E-state index contributed by atoms with van der Waals surface area (Å²) in [5.41, 5.74) is 0. The zero-order valence-electron chi connectivity index (χ0n) is 16.8. The van der Waals surface area contributed by atoms with Crippen LogP contribution in [0.1, 0.15) is 71.6 Å². The van der Waals surface area contributed by atoms with Gasteiger partial charge in [-0.1, -0.05) is 32.2 Å². The monoisotopic (exact) mass is 392 g/mol. The number of carbonyl (C=O) groups is 1. The minimum Gasteiger partial charge on any atom is -0.343 e. The van der Waals surface area contributed by atoms with Crippen molar-refractivity contribution < 1.29 is 56.2 Å². The number of hydrogen-bond donors (Lipinski definition) is 1. The Labute approximate surface area is 202 Å². The number of nitrogens with zero attached hydrogens (tertiary/aromatic N) is 1. The van der Waals surface area contributed by atoms with E-state index in [1.54, 1.807) is 0 Å². The maximum atomic E-state index is 12.2. The smallest absolute Gasteiger partial charge is 0.343 e. The first-order chi connectivity index (χ1) is 11.6. The number of rotatable bonds is 9. The topological polar surface area (TPSA) is 32.3 Å². The minimum absolute atomic E-state index is 0. The molecule has 1 saturated carbocycles. The molecule has 1 N–H and O–H groups in total. The molecule has 2 fully saturated rings. The van der Waals surface area contributed by atoms with Gasteiger partial charge in [0.15, 0.2) is 0 Å². The van der Waals surface area contributed by atoms with Crippen molar-refractivity contribution in [3.63, 3.8) is 0 Å². The fourth-order valence-corrected chi connectivity index (χ4v) is 5.05. The third-order valence-electron chi connectivity index (χ3n) is 5.69. The Morgan fingerprint density at radius 3 is 2.32 bits per heavy atom. The van der Waals surface area contributed by atoms with E-state index < -0.39 is 0 Å². The van der Waals surface area contributed by atoms with Gasteiger partial charge < -0.3 is 11.8 Å². The fourth-order valence-electron chi connectivity index (χ4n) is 4.11. The number of unbranched alkanes of at least 4 members (excludes halogenated alkanes) is 2. The fraction of sp³-hybridized carbons (Fsp3) is 0.900. The van der Waals surface area contributed by atoms with Crippen LogP contribution in [0.15, 0.2) is 0 Å². The zero-order valence-corrected chi connectivity index (χ0v) is 20.7. The first kappa shape index (κ1) is 24.6. The van der Waals surface area contributed by atoms with Crippen molar-refractivity contribution in [2.45, 2.75) is 82.9 Å². The van der Waals surface area contributed by atoms with Gasteiger partial charge in [-0.3, -0.25) is 9.52 Å². The van der Waals surface area contributed by atoms with Gasteiger partial charge in [-0.25, -0.2) is 0 Å². The van der Waals surface area contributed by atoms with Crippen LogP contribution in [0.25, 0.3) is 0 Å². The number of hydrogen-bond acceptors (Lipinski definition) is 4. The van der Waals surface area contributed by atoms with Crippen LogP contribution in [0.2, 0.25) is 0 Å². The molecular formula is C20H37KN2OS. The van der Waals surface area contributed by atoms with Crippen molar-refractivity contribution in [3.8, 4) is 0 Å². The summed E-state index contributed by atoms with van der Waals surface area (Å²) in [5.74, 6) is 1.05. The second-order valence-electron chi connectivity index (χ2n) is 7.87. The van der Waals surface area contributed by atoms with E-state index in [1.165, 1.54) is 51.6 Å². The summed E-state index contributed by atoms with van der Waals surface area (Å²) in [6.07, 6.45) is 10.8. The first-order valence-electron chi connectivity index (χ1n) is 10.1. The molecular weight excluding hydrogens is 355 g/mol. The van der Waals surface area contributed by atoms with Crippen LogP contribution in [0.3, 0.4) is 0 Å². The number of nitrogens with one attached hydrogen (secondary N) is 1. The van der Waals surface area contributed by atoms with Gasteiger partial charge in [0.2, 0.25) is 0 Å². The Bertz CT molecular complexity index is 365. The Kier molecular flexibility index (Phi) is 13.5. The third-order valence-corrected chi connectivity index (χ3v) is 6.87. The van der Waals surface area contributed by atoms with Crippen molar-refractivity contribution in [3.05, 3.63) is 6.92 Å². The maximum Gasteiger partial charge on any atom is 1.00 e. The molecule has 0 atom stereocenters. The Morgan fingerprint density at radius 2 is 1.76 bits per heavy atom. The van der Waals surface area contributed by atoms with E-state index in [2.05, 4.69) is 16.5 Å². The summed E-state index contributed by atoms with van der Waals surface area (Å²) in [6, 6.07) is 0.733. The van der Waals surface area contributed by atoms with Crippen LogP contribution in [-0.2, 0) is 4.79 Å². The molecule has 25 heavy (non-hydrogen) atoms. The summed E-state index contributed by atoms with van der Waals surface area (Å²) >= 11 is 1.96. The summed E-state index contributed by atoms with van der Waals surface area (Å²) < 4.78 is 3.55. The second kappa shape index (κ2) is 13.7. The van der Waals surface area contributed by atoms with E-state index in [1.807, 2.05) is 25.8 Å². The van der Waals surface area contributed by atoms with Crippen molar-refractivity contribution in [2.75, 3.05) is 19.6 Å². The minimum atomic E-state index is 0. The van der Waals surface area contributed by atoms with Crippen LogP contribution in [0.5, 0.6) is 0 Å². The van der Waals surface area contributed by atoms with Crippen molar-refractivity contribution in [1.29, 1.82) is 0 Å². The third kappa shape index (κ3) is 8.63. The Balaban J connectivity index is 0.00000312. The van der Waals surface area contributed by atoms with Gasteiger partial charge in [-0.15, -0.1) is 0 Å². The zero-order chi connectivity index (χ0) is 17.4. The molecule has 0 unspecified atom stereocenters. The number of carbonyl (C=O) groups excluding carboxylic acids is 1. The van der Waals surface area contributed by atoms with Crippen molar-refractivity contribution in [2.24, 2.45) is 11.8 Å². The van der Waals surface area contributed by atoms with E-state index >= 15 is 0 Å². The number of piperidine rings is 1. The van der Waals surface area contributed by atoms with Crippen LogP contribution < -0.4 is 56.1 Å².